The zero-order valence-corrected chi connectivity index (χ0v) is 11.5. The Labute approximate surface area is 114 Å². The SMILES string of the molecule is CC(=O)N1CCN(C(C)=O)C(Cc2ccccc2)C1. The van der Waals surface area contributed by atoms with Crippen LogP contribution in [-0.2, 0) is 16.0 Å². The standard InChI is InChI=1S/C15H20N2O2/c1-12(18)16-8-9-17(13(2)19)15(11-16)10-14-6-4-3-5-7-14/h3-7,15H,8-11H2,1-2H3. The lowest BCUT2D eigenvalue weighted by molar-refractivity contribution is -0.140. The maximum atomic E-state index is 11.7. The van der Waals surface area contributed by atoms with Crippen molar-refractivity contribution in [2.45, 2.75) is 26.3 Å². The van der Waals surface area contributed by atoms with E-state index in [0.717, 1.165) is 6.42 Å². The summed E-state index contributed by atoms with van der Waals surface area (Å²) in [6.45, 7) is 5.08. The van der Waals surface area contributed by atoms with Crippen LogP contribution < -0.4 is 0 Å². The molecule has 1 aliphatic rings. The highest BCUT2D eigenvalue weighted by Crippen LogP contribution is 2.15. The number of piperazine rings is 1. The van der Waals surface area contributed by atoms with Gasteiger partial charge in [0.2, 0.25) is 11.8 Å². The average Bonchev–Trinajstić information content (AvgIpc) is 2.39. The summed E-state index contributed by atoms with van der Waals surface area (Å²) in [7, 11) is 0. The van der Waals surface area contributed by atoms with Gasteiger partial charge in [-0.3, -0.25) is 9.59 Å². The molecule has 0 aliphatic carbocycles. The van der Waals surface area contributed by atoms with E-state index >= 15 is 0 Å². The Morgan fingerprint density at radius 2 is 1.79 bits per heavy atom. The molecule has 0 N–H and O–H groups in total. The lowest BCUT2D eigenvalue weighted by Crippen LogP contribution is -2.56. The summed E-state index contributed by atoms with van der Waals surface area (Å²) in [5.74, 6) is 0.172. The Bertz CT molecular complexity index is 458. The van der Waals surface area contributed by atoms with Gasteiger partial charge in [0.05, 0.1) is 6.04 Å². The van der Waals surface area contributed by atoms with Gasteiger partial charge < -0.3 is 9.80 Å². The van der Waals surface area contributed by atoms with Crippen LogP contribution in [0.25, 0.3) is 0 Å². The van der Waals surface area contributed by atoms with Crippen molar-refractivity contribution < 1.29 is 9.59 Å². The molecule has 1 aromatic rings. The van der Waals surface area contributed by atoms with Crippen molar-refractivity contribution in [1.82, 2.24) is 9.80 Å². The van der Waals surface area contributed by atoms with Crippen molar-refractivity contribution in [2.75, 3.05) is 19.6 Å². The second kappa shape index (κ2) is 5.87. The van der Waals surface area contributed by atoms with E-state index in [0.29, 0.717) is 19.6 Å². The predicted octanol–water partition coefficient (Wildman–Crippen LogP) is 1.31. The van der Waals surface area contributed by atoms with Crippen LogP contribution in [0.1, 0.15) is 19.4 Å². The fraction of sp³-hybridized carbons (Fsp3) is 0.467. The van der Waals surface area contributed by atoms with E-state index in [1.165, 1.54) is 5.56 Å². The fourth-order valence-corrected chi connectivity index (χ4v) is 2.62. The van der Waals surface area contributed by atoms with Crippen LogP contribution in [-0.4, -0.2) is 47.3 Å². The van der Waals surface area contributed by atoms with E-state index < -0.39 is 0 Å². The second-order valence-corrected chi connectivity index (χ2v) is 5.02. The van der Waals surface area contributed by atoms with Gasteiger partial charge in [0, 0.05) is 33.5 Å². The normalized spacial score (nSPS) is 19.4. The first-order valence-corrected chi connectivity index (χ1v) is 6.64. The number of hydrogen-bond acceptors (Lipinski definition) is 2. The summed E-state index contributed by atoms with van der Waals surface area (Å²) in [4.78, 5) is 26.9. The molecular weight excluding hydrogens is 240 g/mol. The first-order chi connectivity index (χ1) is 9.08. The highest BCUT2D eigenvalue weighted by atomic mass is 16.2. The van der Waals surface area contributed by atoms with E-state index in [1.54, 1.807) is 13.8 Å². The van der Waals surface area contributed by atoms with E-state index in [9.17, 15) is 9.59 Å². The largest absolute Gasteiger partial charge is 0.339 e. The number of carbonyl (C=O) groups excluding carboxylic acids is 2. The zero-order chi connectivity index (χ0) is 13.8. The molecule has 1 aromatic carbocycles. The number of nitrogens with zero attached hydrogens (tertiary/aromatic N) is 2. The molecule has 0 saturated carbocycles. The topological polar surface area (TPSA) is 40.6 Å². The lowest BCUT2D eigenvalue weighted by atomic mass is 10.0. The van der Waals surface area contributed by atoms with Gasteiger partial charge in [-0.1, -0.05) is 30.3 Å². The Morgan fingerprint density at radius 3 is 2.37 bits per heavy atom. The Morgan fingerprint density at radius 1 is 1.11 bits per heavy atom. The van der Waals surface area contributed by atoms with Gasteiger partial charge in [0.1, 0.15) is 0 Å². The van der Waals surface area contributed by atoms with Crippen molar-refractivity contribution in [3.8, 4) is 0 Å². The summed E-state index contributed by atoms with van der Waals surface area (Å²) < 4.78 is 0. The van der Waals surface area contributed by atoms with Crippen LogP contribution in [0.5, 0.6) is 0 Å². The van der Waals surface area contributed by atoms with Gasteiger partial charge in [-0.25, -0.2) is 0 Å². The first-order valence-electron chi connectivity index (χ1n) is 6.64. The molecule has 0 spiro atoms. The second-order valence-electron chi connectivity index (χ2n) is 5.02. The molecule has 4 heteroatoms. The maximum absolute atomic E-state index is 11.7. The average molecular weight is 260 g/mol. The molecule has 1 heterocycles. The molecule has 102 valence electrons. The summed E-state index contributed by atoms with van der Waals surface area (Å²) >= 11 is 0. The maximum Gasteiger partial charge on any atom is 0.219 e. The summed E-state index contributed by atoms with van der Waals surface area (Å²) in [5, 5.41) is 0. The minimum Gasteiger partial charge on any atom is -0.339 e. The molecule has 2 rings (SSSR count). The van der Waals surface area contributed by atoms with Gasteiger partial charge >= 0.3 is 0 Å². The van der Waals surface area contributed by atoms with Crippen LogP contribution in [0.4, 0.5) is 0 Å². The highest BCUT2D eigenvalue weighted by Gasteiger charge is 2.29. The van der Waals surface area contributed by atoms with Crippen LogP contribution in [0, 0.1) is 0 Å². The van der Waals surface area contributed by atoms with Gasteiger partial charge in [-0.15, -0.1) is 0 Å². The van der Waals surface area contributed by atoms with E-state index in [-0.39, 0.29) is 17.9 Å². The predicted molar refractivity (Wildman–Crippen MR) is 73.6 cm³/mol. The Hall–Kier alpha value is -1.84. The van der Waals surface area contributed by atoms with Crippen molar-refractivity contribution in [3.63, 3.8) is 0 Å². The number of benzene rings is 1. The van der Waals surface area contributed by atoms with Crippen LogP contribution >= 0.6 is 0 Å². The van der Waals surface area contributed by atoms with Crippen LogP contribution in [0.3, 0.4) is 0 Å². The molecule has 2 amide bonds. The summed E-state index contributed by atoms with van der Waals surface area (Å²) in [5.41, 5.74) is 1.20. The molecule has 0 aromatic heterocycles. The van der Waals surface area contributed by atoms with E-state index in [2.05, 4.69) is 12.1 Å². The van der Waals surface area contributed by atoms with Crippen LogP contribution in [0.2, 0.25) is 0 Å². The number of hydrogen-bond donors (Lipinski definition) is 0. The third kappa shape index (κ3) is 3.34. The van der Waals surface area contributed by atoms with Gasteiger partial charge in [0.15, 0.2) is 0 Å². The van der Waals surface area contributed by atoms with Gasteiger partial charge in [0.25, 0.3) is 0 Å². The molecule has 1 saturated heterocycles. The molecule has 19 heavy (non-hydrogen) atoms. The summed E-state index contributed by atoms with van der Waals surface area (Å²) in [6.07, 6.45) is 0.796. The monoisotopic (exact) mass is 260 g/mol. The Kier molecular flexibility index (Phi) is 4.20. The molecule has 0 radical (unpaired) electrons. The highest BCUT2D eigenvalue weighted by molar-refractivity contribution is 5.76. The first kappa shape index (κ1) is 13.6. The molecule has 4 nitrogen and oxygen atoms in total. The van der Waals surface area contributed by atoms with Crippen molar-refractivity contribution >= 4 is 11.8 Å². The molecule has 1 atom stereocenters. The number of carbonyl (C=O) groups is 2. The number of amides is 2. The zero-order valence-electron chi connectivity index (χ0n) is 11.5. The van der Waals surface area contributed by atoms with E-state index in [4.69, 9.17) is 0 Å². The van der Waals surface area contributed by atoms with Crippen LogP contribution in [0.15, 0.2) is 30.3 Å². The quantitative estimate of drug-likeness (QED) is 0.804. The fourth-order valence-electron chi connectivity index (χ4n) is 2.62. The minimum atomic E-state index is 0.0811. The van der Waals surface area contributed by atoms with Crippen molar-refractivity contribution in [1.29, 1.82) is 0 Å². The third-order valence-corrected chi connectivity index (χ3v) is 3.65. The van der Waals surface area contributed by atoms with Crippen molar-refractivity contribution in [3.05, 3.63) is 35.9 Å². The third-order valence-electron chi connectivity index (χ3n) is 3.65. The minimum absolute atomic E-state index is 0.0811. The lowest BCUT2D eigenvalue weighted by Gasteiger charge is -2.41. The molecule has 1 fully saturated rings. The molecule has 1 unspecified atom stereocenters. The molecule has 0 bridgehead atoms. The molecule has 1 aliphatic heterocycles. The van der Waals surface area contributed by atoms with E-state index in [1.807, 2.05) is 28.0 Å². The van der Waals surface area contributed by atoms with Crippen molar-refractivity contribution in [2.24, 2.45) is 0 Å². The van der Waals surface area contributed by atoms with Gasteiger partial charge in [-0.05, 0) is 12.0 Å². The molecular formula is C15H20N2O2. The smallest absolute Gasteiger partial charge is 0.219 e. The Balaban J connectivity index is 2.11. The number of rotatable bonds is 2. The summed E-state index contributed by atoms with van der Waals surface area (Å²) in [6, 6.07) is 10.2. The van der Waals surface area contributed by atoms with Gasteiger partial charge in [-0.2, -0.15) is 0 Å².